The predicted molar refractivity (Wildman–Crippen MR) is 175 cm³/mol. The van der Waals surface area contributed by atoms with Gasteiger partial charge in [-0.05, 0) is 77.1 Å². The Kier molecular flexibility index (Phi) is 11.6. The normalized spacial score (nSPS) is 23.9. The van der Waals surface area contributed by atoms with E-state index in [2.05, 4.69) is 10.6 Å². The number of hydrogen-bond donors (Lipinski definition) is 4. The summed E-state index contributed by atoms with van der Waals surface area (Å²) in [4.78, 5) is 29.9. The Bertz CT molecular complexity index is 1430. The lowest BCUT2D eigenvalue weighted by Gasteiger charge is -2.51. The van der Waals surface area contributed by atoms with Gasteiger partial charge in [0, 0.05) is 39.8 Å². The number of carbonyl (C=O) groups excluding carboxylic acids is 2. The Labute approximate surface area is 271 Å². The zero-order valence-corrected chi connectivity index (χ0v) is 28.4. The number of benzene rings is 2. The van der Waals surface area contributed by atoms with E-state index < -0.39 is 46.0 Å². The maximum atomic E-state index is 13.8. The number of β-amino-alcohol motifs (C(OH)–C–C–N with tert-alkyl or cyclic N) is 1. The van der Waals surface area contributed by atoms with Crippen molar-refractivity contribution >= 4 is 33.7 Å². The number of phenolic OH excluding ortho intramolecular Hbond substituents is 1. The lowest BCUT2D eigenvalue weighted by molar-refractivity contribution is -0.153. The van der Waals surface area contributed by atoms with Crippen molar-refractivity contribution in [3.8, 4) is 5.75 Å². The van der Waals surface area contributed by atoms with E-state index in [-0.39, 0.29) is 35.6 Å². The number of carbonyl (C=O) groups is 2. The molecule has 1 aliphatic carbocycles. The number of fused-ring (bicyclic) bond motifs is 1. The van der Waals surface area contributed by atoms with Crippen LogP contribution in [0.5, 0.6) is 5.75 Å². The molecule has 45 heavy (non-hydrogen) atoms. The fraction of sp³-hybridized carbons (Fsp3) is 0.576. The summed E-state index contributed by atoms with van der Waals surface area (Å²) in [5.74, 6) is -0.449. The molecule has 0 spiro atoms. The molecule has 1 saturated carbocycles. The maximum Gasteiger partial charge on any atom is 0.265 e. The molecule has 1 saturated heterocycles. The minimum Gasteiger partial charge on any atom is -0.508 e. The lowest BCUT2D eigenvalue weighted by Crippen LogP contribution is -2.64. The molecule has 0 unspecified atom stereocenters. The van der Waals surface area contributed by atoms with Crippen molar-refractivity contribution in [1.29, 1.82) is 0 Å². The third kappa shape index (κ3) is 9.68. The van der Waals surface area contributed by atoms with Crippen LogP contribution < -0.4 is 10.6 Å². The molecular formula is C33H47N3O7S2. The number of aromatic hydroxyl groups is 1. The van der Waals surface area contributed by atoms with Crippen molar-refractivity contribution in [2.24, 2.45) is 11.8 Å². The number of amides is 2. The highest BCUT2D eigenvalue weighted by Gasteiger charge is 2.49. The molecule has 2 aromatic rings. The van der Waals surface area contributed by atoms with Crippen LogP contribution >= 0.6 is 11.8 Å². The van der Waals surface area contributed by atoms with Crippen LogP contribution in [-0.4, -0.2) is 83.9 Å². The molecule has 0 radical (unpaired) electrons. The fourth-order valence-electron chi connectivity index (χ4n) is 6.41. The summed E-state index contributed by atoms with van der Waals surface area (Å²) in [6.45, 7) is 7.20. The zero-order chi connectivity index (χ0) is 32.9. The van der Waals surface area contributed by atoms with Gasteiger partial charge in [0.05, 0.1) is 24.4 Å². The van der Waals surface area contributed by atoms with Crippen molar-refractivity contribution in [1.82, 2.24) is 15.5 Å². The highest BCUT2D eigenvalue weighted by Crippen LogP contribution is 2.43. The Morgan fingerprint density at radius 1 is 1.09 bits per heavy atom. The number of rotatable bonds is 11. The maximum absolute atomic E-state index is 13.8. The molecule has 0 aromatic heterocycles. The molecule has 1 aliphatic heterocycles. The molecule has 4 N–H and O–H groups in total. The molecule has 12 heteroatoms. The van der Waals surface area contributed by atoms with Crippen LogP contribution in [0.1, 0.15) is 68.8 Å². The highest BCUT2D eigenvalue weighted by atomic mass is 32.2. The van der Waals surface area contributed by atoms with Crippen LogP contribution in [0, 0.1) is 18.8 Å². The first-order valence-corrected chi connectivity index (χ1v) is 18.3. The first kappa shape index (κ1) is 35.2. The van der Waals surface area contributed by atoms with E-state index in [9.17, 15) is 28.2 Å². The van der Waals surface area contributed by atoms with Gasteiger partial charge >= 0.3 is 0 Å². The minimum absolute atomic E-state index is 0.0118. The van der Waals surface area contributed by atoms with E-state index in [0.29, 0.717) is 17.7 Å². The van der Waals surface area contributed by atoms with Crippen LogP contribution in [0.4, 0.5) is 0 Å². The first-order valence-electron chi connectivity index (χ1n) is 15.5. The average Bonchev–Trinajstić information content (AvgIpc) is 2.96. The number of hydrogen-bond acceptors (Lipinski definition) is 9. The third-order valence-corrected chi connectivity index (χ3v) is 10.2. The quantitative estimate of drug-likeness (QED) is 0.207. The van der Waals surface area contributed by atoms with Gasteiger partial charge in [-0.25, -0.2) is 0 Å². The van der Waals surface area contributed by atoms with Crippen molar-refractivity contribution in [3.05, 3.63) is 59.7 Å². The molecular weight excluding hydrogens is 615 g/mol. The largest absolute Gasteiger partial charge is 0.508 e. The second-order valence-electron chi connectivity index (χ2n) is 13.3. The second kappa shape index (κ2) is 14.8. The van der Waals surface area contributed by atoms with E-state index in [0.717, 1.165) is 36.8 Å². The van der Waals surface area contributed by atoms with E-state index in [4.69, 9.17) is 4.18 Å². The van der Waals surface area contributed by atoms with Gasteiger partial charge in [-0.2, -0.15) is 8.42 Å². The summed E-state index contributed by atoms with van der Waals surface area (Å²) in [5.41, 5.74) is 0.166. The van der Waals surface area contributed by atoms with Gasteiger partial charge in [-0.15, -0.1) is 11.8 Å². The van der Waals surface area contributed by atoms with Crippen LogP contribution in [0.2, 0.25) is 0 Å². The number of piperidine rings is 1. The predicted octanol–water partition coefficient (Wildman–Crippen LogP) is 4.05. The standard InChI is InChI=1S/C33H47N3O7S2/c1-21-24(16-11-17-28(21)37)30(39)34-26(20-44-23-13-7-6-8-14-23)29(38)19-36-27(31(40)35-33(2,3)4)18-22-12-9-10-15-25(22)32(36)43-45(5,41)42/h6-8,11,13-14,16-17,22,25-27,29,32,37-38H,9-10,12,15,18-20H2,1-5H3,(H,34,39)(H,35,40)/t22-,25-,26-,27-,29+,32-/m0/s1. The number of aliphatic hydroxyl groups excluding tert-OH is 1. The lowest BCUT2D eigenvalue weighted by atomic mass is 9.71. The number of phenols is 1. The molecule has 2 fully saturated rings. The number of aliphatic hydroxyl groups is 1. The summed E-state index contributed by atoms with van der Waals surface area (Å²) < 4.78 is 30.9. The van der Waals surface area contributed by atoms with E-state index >= 15 is 0 Å². The van der Waals surface area contributed by atoms with Gasteiger partial charge in [0.15, 0.2) is 0 Å². The zero-order valence-electron chi connectivity index (χ0n) is 26.7. The Balaban J connectivity index is 1.67. The molecule has 2 aromatic carbocycles. The third-order valence-electron chi connectivity index (χ3n) is 8.56. The first-order chi connectivity index (χ1) is 21.1. The van der Waals surface area contributed by atoms with Crippen LogP contribution in [0.15, 0.2) is 53.4 Å². The van der Waals surface area contributed by atoms with Crippen molar-refractivity contribution in [2.75, 3.05) is 18.6 Å². The van der Waals surface area contributed by atoms with Crippen molar-refractivity contribution in [2.45, 2.75) is 94.6 Å². The molecule has 2 aliphatic rings. The molecule has 1 heterocycles. The molecule has 0 bridgehead atoms. The summed E-state index contributed by atoms with van der Waals surface area (Å²) >= 11 is 1.46. The second-order valence-corrected chi connectivity index (χ2v) is 16.0. The monoisotopic (exact) mass is 661 g/mol. The van der Waals surface area contributed by atoms with Crippen molar-refractivity contribution in [3.63, 3.8) is 0 Å². The Morgan fingerprint density at radius 2 is 1.78 bits per heavy atom. The topological polar surface area (TPSA) is 145 Å². The minimum atomic E-state index is -3.91. The number of nitrogens with zero attached hydrogens (tertiary/aromatic N) is 1. The molecule has 4 rings (SSSR count). The summed E-state index contributed by atoms with van der Waals surface area (Å²) in [5, 5.41) is 28.0. The Morgan fingerprint density at radius 3 is 2.44 bits per heavy atom. The van der Waals surface area contributed by atoms with Crippen molar-refractivity contribution < 1.29 is 32.4 Å². The van der Waals surface area contributed by atoms with Gasteiger partial charge in [-0.3, -0.25) is 18.7 Å². The van der Waals surface area contributed by atoms with Crippen LogP contribution in [-0.2, 0) is 19.1 Å². The summed E-state index contributed by atoms with van der Waals surface area (Å²) in [7, 11) is -3.91. The van der Waals surface area contributed by atoms with E-state index in [1.165, 1.54) is 17.8 Å². The van der Waals surface area contributed by atoms with E-state index in [1.54, 1.807) is 24.0 Å². The number of thioether (sulfide) groups is 1. The van der Waals surface area contributed by atoms with Gasteiger partial charge in [0.2, 0.25) is 5.91 Å². The number of nitrogens with one attached hydrogen (secondary N) is 2. The smallest absolute Gasteiger partial charge is 0.265 e. The highest BCUT2D eigenvalue weighted by molar-refractivity contribution is 7.99. The van der Waals surface area contributed by atoms with Crippen LogP contribution in [0.3, 0.4) is 0 Å². The molecule has 2 amide bonds. The molecule has 248 valence electrons. The van der Waals surface area contributed by atoms with Gasteiger partial charge < -0.3 is 20.8 Å². The van der Waals surface area contributed by atoms with Crippen LogP contribution in [0.25, 0.3) is 0 Å². The SMILES string of the molecule is Cc1c(O)cccc1C(=O)N[C@@H](CSc1ccccc1)[C@H](O)CN1[C@H](C(=O)NC(C)(C)C)C[C@@H]2CCCC[C@@H]2[C@@H]1OS(C)(=O)=O. The molecule has 10 nitrogen and oxygen atoms in total. The Hall–Kier alpha value is -2.64. The number of likely N-dealkylation sites (tertiary alicyclic amines) is 1. The summed E-state index contributed by atoms with van der Waals surface area (Å²) in [6.07, 6.45) is 2.95. The average molecular weight is 662 g/mol. The van der Waals surface area contributed by atoms with E-state index in [1.807, 2.05) is 51.1 Å². The van der Waals surface area contributed by atoms with Gasteiger partial charge in [0.1, 0.15) is 12.0 Å². The van der Waals surface area contributed by atoms with Gasteiger partial charge in [-0.1, -0.05) is 37.1 Å². The van der Waals surface area contributed by atoms with Gasteiger partial charge in [0.25, 0.3) is 16.0 Å². The summed E-state index contributed by atoms with van der Waals surface area (Å²) in [6, 6.07) is 12.7. The fourth-order valence-corrected chi connectivity index (χ4v) is 8.05. The molecule has 6 atom stereocenters.